The summed E-state index contributed by atoms with van der Waals surface area (Å²) in [6.45, 7) is 11.9. The van der Waals surface area contributed by atoms with E-state index < -0.39 is 5.60 Å². The Bertz CT molecular complexity index is 181. The molecule has 0 aliphatic carbocycles. The summed E-state index contributed by atoms with van der Waals surface area (Å²) >= 11 is 0. The lowest BCUT2D eigenvalue weighted by atomic mass is 10.0. The molecule has 0 rings (SSSR count). The third-order valence-corrected chi connectivity index (χ3v) is 2.94. The van der Waals surface area contributed by atoms with Crippen molar-refractivity contribution >= 4 is 0 Å². The molecule has 2 N–H and O–H groups in total. The van der Waals surface area contributed by atoms with Crippen LogP contribution in [-0.4, -0.2) is 47.8 Å². The van der Waals surface area contributed by atoms with Gasteiger partial charge in [-0.05, 0) is 27.3 Å². The van der Waals surface area contributed by atoms with Crippen molar-refractivity contribution in [1.82, 2.24) is 10.2 Å². The zero-order valence-electron chi connectivity index (χ0n) is 11.9. The Labute approximate surface area is 101 Å². The van der Waals surface area contributed by atoms with E-state index in [0.717, 1.165) is 0 Å². The summed E-state index contributed by atoms with van der Waals surface area (Å²) in [7, 11) is 2.09. The highest BCUT2D eigenvalue weighted by Gasteiger charge is 2.24. The maximum atomic E-state index is 10.2. The van der Waals surface area contributed by atoms with Crippen LogP contribution in [0.2, 0.25) is 0 Å². The highest BCUT2D eigenvalue weighted by molar-refractivity contribution is 4.81. The third-order valence-electron chi connectivity index (χ3n) is 2.94. The van der Waals surface area contributed by atoms with Crippen molar-refractivity contribution in [2.75, 3.05) is 20.1 Å². The minimum Gasteiger partial charge on any atom is -0.388 e. The van der Waals surface area contributed by atoms with E-state index in [2.05, 4.69) is 45.0 Å². The number of nitrogens with zero attached hydrogens (tertiary/aromatic N) is 1. The van der Waals surface area contributed by atoms with Gasteiger partial charge in [0.1, 0.15) is 0 Å². The van der Waals surface area contributed by atoms with Crippen molar-refractivity contribution in [3.8, 4) is 0 Å². The van der Waals surface area contributed by atoms with Crippen molar-refractivity contribution in [3.05, 3.63) is 0 Å². The second-order valence-electron chi connectivity index (χ2n) is 5.59. The van der Waals surface area contributed by atoms with Crippen LogP contribution in [0, 0.1) is 0 Å². The van der Waals surface area contributed by atoms with Crippen LogP contribution in [0.15, 0.2) is 0 Å². The number of likely N-dealkylation sites (N-methyl/N-ethyl adjacent to an activating group) is 1. The maximum Gasteiger partial charge on any atom is 0.0869 e. The summed E-state index contributed by atoms with van der Waals surface area (Å²) in [4.78, 5) is 2.24. The second kappa shape index (κ2) is 7.25. The average Bonchev–Trinajstić information content (AvgIpc) is 2.14. The second-order valence-corrected chi connectivity index (χ2v) is 5.59. The van der Waals surface area contributed by atoms with Crippen LogP contribution < -0.4 is 5.32 Å². The first-order chi connectivity index (χ1) is 7.28. The number of aliphatic hydroxyl groups is 1. The van der Waals surface area contributed by atoms with Gasteiger partial charge in [-0.2, -0.15) is 0 Å². The van der Waals surface area contributed by atoms with Crippen molar-refractivity contribution in [3.63, 3.8) is 0 Å². The van der Waals surface area contributed by atoms with Gasteiger partial charge in [-0.1, -0.05) is 27.2 Å². The molecule has 0 radical (unpaired) electrons. The first-order valence-electron chi connectivity index (χ1n) is 6.44. The lowest BCUT2D eigenvalue weighted by Gasteiger charge is -2.33. The monoisotopic (exact) mass is 230 g/mol. The molecule has 0 saturated heterocycles. The lowest BCUT2D eigenvalue weighted by Crippen LogP contribution is -2.49. The fourth-order valence-corrected chi connectivity index (χ4v) is 1.81. The first-order valence-corrected chi connectivity index (χ1v) is 6.44. The molecular formula is C13H30N2O. The van der Waals surface area contributed by atoms with Crippen LogP contribution in [0.25, 0.3) is 0 Å². The molecule has 0 spiro atoms. The van der Waals surface area contributed by atoms with Gasteiger partial charge in [0.2, 0.25) is 0 Å². The summed E-state index contributed by atoms with van der Waals surface area (Å²) in [5, 5.41) is 13.5. The van der Waals surface area contributed by atoms with Crippen LogP contribution in [0.4, 0.5) is 0 Å². The summed E-state index contributed by atoms with van der Waals surface area (Å²) in [6, 6.07) is 0.959. The molecule has 0 aliphatic rings. The molecule has 0 fully saturated rings. The molecule has 0 saturated carbocycles. The average molecular weight is 230 g/mol. The van der Waals surface area contributed by atoms with Gasteiger partial charge in [0.05, 0.1) is 5.60 Å². The van der Waals surface area contributed by atoms with Crippen LogP contribution in [0.5, 0.6) is 0 Å². The largest absolute Gasteiger partial charge is 0.388 e. The molecule has 0 aliphatic heterocycles. The van der Waals surface area contributed by atoms with E-state index >= 15 is 0 Å². The fourth-order valence-electron chi connectivity index (χ4n) is 1.81. The smallest absolute Gasteiger partial charge is 0.0869 e. The van der Waals surface area contributed by atoms with E-state index in [1.807, 2.05) is 6.92 Å². The molecule has 0 aromatic carbocycles. The number of hydrogen-bond acceptors (Lipinski definition) is 3. The quantitative estimate of drug-likeness (QED) is 0.668. The van der Waals surface area contributed by atoms with Crippen LogP contribution in [0.1, 0.15) is 47.5 Å². The molecule has 0 bridgehead atoms. The summed E-state index contributed by atoms with van der Waals surface area (Å²) in [5.41, 5.74) is -0.652. The molecule has 0 aromatic heterocycles. The van der Waals surface area contributed by atoms with E-state index in [0.29, 0.717) is 25.2 Å². The Morgan fingerprint density at radius 3 is 2.31 bits per heavy atom. The van der Waals surface area contributed by atoms with E-state index in [9.17, 15) is 5.11 Å². The first kappa shape index (κ1) is 15.9. The normalized spacial score (nSPS) is 17.8. The summed E-state index contributed by atoms with van der Waals surface area (Å²) in [5.74, 6) is 0. The zero-order chi connectivity index (χ0) is 12.8. The fraction of sp³-hybridized carbons (Fsp3) is 1.00. The predicted molar refractivity (Wildman–Crippen MR) is 70.8 cm³/mol. The van der Waals surface area contributed by atoms with Gasteiger partial charge in [0.25, 0.3) is 0 Å². The van der Waals surface area contributed by atoms with Crippen molar-refractivity contribution < 1.29 is 5.11 Å². The molecule has 3 heteroatoms. The Hall–Kier alpha value is -0.120. The Balaban J connectivity index is 4.03. The minimum atomic E-state index is -0.652. The molecule has 98 valence electrons. The zero-order valence-corrected chi connectivity index (χ0v) is 11.9. The van der Waals surface area contributed by atoms with Crippen molar-refractivity contribution in [2.45, 2.75) is 65.1 Å². The van der Waals surface area contributed by atoms with Gasteiger partial charge in [0, 0.05) is 25.2 Å². The summed E-state index contributed by atoms with van der Waals surface area (Å²) in [6.07, 6.45) is 2.38. The predicted octanol–water partition coefficient (Wildman–Crippen LogP) is 1.86. The molecule has 2 atom stereocenters. The molecule has 0 aromatic rings. The highest BCUT2D eigenvalue weighted by Crippen LogP contribution is 2.10. The third kappa shape index (κ3) is 7.20. The van der Waals surface area contributed by atoms with Gasteiger partial charge in [-0.3, -0.25) is 0 Å². The highest BCUT2D eigenvalue weighted by atomic mass is 16.3. The SMILES string of the molecule is CCCC(C)N(C)CC(C)(O)CNC(C)C. The molecule has 2 unspecified atom stereocenters. The van der Waals surface area contributed by atoms with Crippen molar-refractivity contribution in [1.29, 1.82) is 0 Å². The van der Waals surface area contributed by atoms with Crippen molar-refractivity contribution in [2.24, 2.45) is 0 Å². The van der Waals surface area contributed by atoms with E-state index in [4.69, 9.17) is 0 Å². The topological polar surface area (TPSA) is 35.5 Å². The number of nitrogens with one attached hydrogen (secondary N) is 1. The Kier molecular flexibility index (Phi) is 7.20. The van der Waals surface area contributed by atoms with Crippen LogP contribution in [0.3, 0.4) is 0 Å². The van der Waals surface area contributed by atoms with Gasteiger partial charge in [0.15, 0.2) is 0 Å². The van der Waals surface area contributed by atoms with Crippen LogP contribution in [-0.2, 0) is 0 Å². The Morgan fingerprint density at radius 1 is 1.31 bits per heavy atom. The van der Waals surface area contributed by atoms with Gasteiger partial charge in [-0.15, -0.1) is 0 Å². The minimum absolute atomic E-state index is 0.421. The lowest BCUT2D eigenvalue weighted by molar-refractivity contribution is 0.0153. The van der Waals surface area contributed by atoms with E-state index in [-0.39, 0.29) is 0 Å². The van der Waals surface area contributed by atoms with Gasteiger partial charge >= 0.3 is 0 Å². The molecule has 16 heavy (non-hydrogen) atoms. The molecular weight excluding hydrogens is 200 g/mol. The standard InChI is InChI=1S/C13H30N2O/c1-7-8-12(4)15(6)10-13(5,16)9-14-11(2)3/h11-12,14,16H,7-10H2,1-6H3. The van der Waals surface area contributed by atoms with E-state index in [1.54, 1.807) is 0 Å². The number of hydrogen-bond donors (Lipinski definition) is 2. The van der Waals surface area contributed by atoms with E-state index in [1.165, 1.54) is 12.8 Å². The summed E-state index contributed by atoms with van der Waals surface area (Å²) < 4.78 is 0. The number of rotatable bonds is 8. The maximum absolute atomic E-state index is 10.2. The Morgan fingerprint density at radius 2 is 1.88 bits per heavy atom. The van der Waals surface area contributed by atoms with Gasteiger partial charge in [-0.25, -0.2) is 0 Å². The molecule has 3 nitrogen and oxygen atoms in total. The van der Waals surface area contributed by atoms with Crippen LogP contribution >= 0.6 is 0 Å². The van der Waals surface area contributed by atoms with Gasteiger partial charge < -0.3 is 15.3 Å². The molecule has 0 heterocycles. The molecule has 0 amide bonds.